The molecule has 140 valence electrons. The summed E-state index contributed by atoms with van der Waals surface area (Å²) in [5, 5.41) is 20.5. The van der Waals surface area contributed by atoms with Gasteiger partial charge in [0.1, 0.15) is 0 Å². The lowest BCUT2D eigenvalue weighted by Crippen LogP contribution is -2.53. The van der Waals surface area contributed by atoms with Crippen LogP contribution < -0.4 is 15.5 Å². The fourth-order valence-electron chi connectivity index (χ4n) is 4.01. The molecule has 2 fully saturated rings. The van der Waals surface area contributed by atoms with Crippen molar-refractivity contribution < 1.29 is 9.90 Å². The van der Waals surface area contributed by atoms with Crippen LogP contribution in [0.1, 0.15) is 45.4 Å². The van der Waals surface area contributed by atoms with E-state index in [0.717, 1.165) is 57.3 Å². The number of carbonyl (C=O) groups excluding carboxylic acids is 1. The Labute approximate surface area is 149 Å². The molecule has 0 aromatic carbocycles. The number of nitrogens with zero attached hydrogens (tertiary/aromatic N) is 3. The van der Waals surface area contributed by atoms with Gasteiger partial charge < -0.3 is 20.6 Å². The van der Waals surface area contributed by atoms with E-state index in [9.17, 15) is 9.90 Å². The van der Waals surface area contributed by atoms with Gasteiger partial charge in [-0.2, -0.15) is 5.10 Å². The molecule has 0 spiro atoms. The molecule has 3 atom stereocenters. The standard InChI is InChI=1S/C18H31N5O2/c1-18(8-4-3-7-16(18)24)13-19-17(25)21-14-6-5-9-23(11-14)15-10-20-22(2)12-15/h10,12,14,16,24H,3-9,11,13H2,1-2H3,(H2,19,21,25). The largest absolute Gasteiger partial charge is 0.392 e. The molecule has 2 heterocycles. The molecule has 7 nitrogen and oxygen atoms in total. The van der Waals surface area contributed by atoms with Gasteiger partial charge in [-0.1, -0.05) is 19.8 Å². The van der Waals surface area contributed by atoms with Crippen molar-refractivity contribution in [2.75, 3.05) is 24.5 Å². The van der Waals surface area contributed by atoms with E-state index in [0.29, 0.717) is 6.54 Å². The van der Waals surface area contributed by atoms with Crippen molar-refractivity contribution in [1.29, 1.82) is 0 Å². The van der Waals surface area contributed by atoms with Gasteiger partial charge in [0, 0.05) is 44.3 Å². The highest BCUT2D eigenvalue weighted by Gasteiger charge is 2.35. The van der Waals surface area contributed by atoms with Crippen molar-refractivity contribution in [3.63, 3.8) is 0 Å². The Kier molecular flexibility index (Phi) is 5.51. The number of nitrogens with one attached hydrogen (secondary N) is 2. The first-order valence-electron chi connectivity index (χ1n) is 9.42. The predicted octanol–water partition coefficient (Wildman–Crippen LogP) is 1.63. The third kappa shape index (κ3) is 4.45. The smallest absolute Gasteiger partial charge is 0.315 e. The molecule has 3 N–H and O–H groups in total. The molecule has 1 saturated heterocycles. The highest BCUT2D eigenvalue weighted by molar-refractivity contribution is 5.74. The van der Waals surface area contributed by atoms with E-state index in [4.69, 9.17) is 0 Å². The molecule has 7 heteroatoms. The number of hydrogen-bond acceptors (Lipinski definition) is 4. The summed E-state index contributed by atoms with van der Waals surface area (Å²) < 4.78 is 1.80. The first kappa shape index (κ1) is 18.0. The summed E-state index contributed by atoms with van der Waals surface area (Å²) in [5.74, 6) is 0. The molecule has 2 aliphatic rings. The lowest BCUT2D eigenvalue weighted by atomic mass is 9.73. The van der Waals surface area contributed by atoms with Gasteiger partial charge in [-0.3, -0.25) is 4.68 Å². The zero-order valence-corrected chi connectivity index (χ0v) is 15.4. The minimum atomic E-state index is -0.322. The van der Waals surface area contributed by atoms with Crippen LogP contribution in [-0.2, 0) is 7.05 Å². The first-order valence-corrected chi connectivity index (χ1v) is 9.42. The van der Waals surface area contributed by atoms with Gasteiger partial charge in [0.15, 0.2) is 0 Å². The van der Waals surface area contributed by atoms with Gasteiger partial charge in [-0.05, 0) is 25.7 Å². The Balaban J connectivity index is 1.47. The van der Waals surface area contributed by atoms with Gasteiger partial charge >= 0.3 is 6.03 Å². The predicted molar refractivity (Wildman–Crippen MR) is 97.6 cm³/mol. The number of hydrogen-bond donors (Lipinski definition) is 3. The van der Waals surface area contributed by atoms with E-state index in [1.165, 1.54) is 0 Å². The van der Waals surface area contributed by atoms with E-state index in [1.807, 2.05) is 19.4 Å². The monoisotopic (exact) mass is 349 g/mol. The number of aryl methyl sites for hydroxylation is 1. The summed E-state index contributed by atoms with van der Waals surface area (Å²) in [6.07, 6.45) is 9.60. The van der Waals surface area contributed by atoms with Crippen LogP contribution in [0, 0.1) is 5.41 Å². The second-order valence-electron chi connectivity index (χ2n) is 7.90. The van der Waals surface area contributed by atoms with Crippen LogP contribution >= 0.6 is 0 Å². The van der Waals surface area contributed by atoms with Gasteiger partial charge in [0.25, 0.3) is 0 Å². The molecule has 1 aromatic rings. The lowest BCUT2D eigenvalue weighted by molar-refractivity contribution is 0.00304. The number of anilines is 1. The maximum atomic E-state index is 12.3. The highest BCUT2D eigenvalue weighted by Crippen LogP contribution is 2.35. The number of urea groups is 1. The van der Waals surface area contributed by atoms with E-state index in [-0.39, 0.29) is 23.6 Å². The van der Waals surface area contributed by atoms with E-state index < -0.39 is 0 Å². The van der Waals surface area contributed by atoms with Gasteiger partial charge in [0.2, 0.25) is 0 Å². The van der Waals surface area contributed by atoms with Gasteiger partial charge in [-0.15, -0.1) is 0 Å². The number of rotatable bonds is 4. The molecular formula is C18H31N5O2. The molecule has 1 aromatic heterocycles. The third-order valence-corrected chi connectivity index (χ3v) is 5.75. The number of aliphatic hydroxyl groups excluding tert-OH is 1. The fraction of sp³-hybridized carbons (Fsp3) is 0.778. The van der Waals surface area contributed by atoms with Crippen molar-refractivity contribution in [3.05, 3.63) is 12.4 Å². The normalized spacial score (nSPS) is 30.1. The Morgan fingerprint density at radius 3 is 2.96 bits per heavy atom. The molecule has 2 amide bonds. The van der Waals surface area contributed by atoms with E-state index in [1.54, 1.807) is 4.68 Å². The van der Waals surface area contributed by atoms with E-state index >= 15 is 0 Å². The molecule has 3 rings (SSSR count). The zero-order valence-electron chi connectivity index (χ0n) is 15.4. The van der Waals surface area contributed by atoms with Crippen LogP contribution in [0.3, 0.4) is 0 Å². The number of carbonyl (C=O) groups is 1. The second-order valence-corrected chi connectivity index (χ2v) is 7.90. The summed E-state index contributed by atoms with van der Waals surface area (Å²) in [6, 6.07) is 0.00933. The fourth-order valence-corrected chi connectivity index (χ4v) is 4.01. The van der Waals surface area contributed by atoms with Crippen molar-refractivity contribution in [1.82, 2.24) is 20.4 Å². The Hall–Kier alpha value is -1.76. The van der Waals surface area contributed by atoms with Crippen molar-refractivity contribution in [3.8, 4) is 0 Å². The summed E-state index contributed by atoms with van der Waals surface area (Å²) in [4.78, 5) is 14.6. The molecule has 1 saturated carbocycles. The van der Waals surface area contributed by atoms with Crippen molar-refractivity contribution in [2.24, 2.45) is 12.5 Å². The maximum Gasteiger partial charge on any atom is 0.315 e. The summed E-state index contributed by atoms with van der Waals surface area (Å²) in [6.45, 7) is 4.40. The van der Waals surface area contributed by atoms with Crippen LogP contribution in [0.5, 0.6) is 0 Å². The number of amides is 2. The molecule has 0 radical (unpaired) electrons. The summed E-state index contributed by atoms with van der Waals surface area (Å²) >= 11 is 0. The molecule has 25 heavy (non-hydrogen) atoms. The number of aliphatic hydroxyl groups is 1. The number of aromatic nitrogens is 2. The molecular weight excluding hydrogens is 318 g/mol. The van der Waals surface area contributed by atoms with Crippen LogP contribution in [0.4, 0.5) is 10.5 Å². The number of piperidine rings is 1. The average Bonchev–Trinajstić information content (AvgIpc) is 3.03. The molecule has 1 aliphatic carbocycles. The zero-order chi connectivity index (χ0) is 17.9. The third-order valence-electron chi connectivity index (χ3n) is 5.75. The van der Waals surface area contributed by atoms with Crippen LogP contribution in [0.25, 0.3) is 0 Å². The van der Waals surface area contributed by atoms with Gasteiger partial charge in [0.05, 0.1) is 18.0 Å². The second kappa shape index (κ2) is 7.64. The lowest BCUT2D eigenvalue weighted by Gasteiger charge is -2.39. The average molecular weight is 349 g/mol. The summed E-state index contributed by atoms with van der Waals surface area (Å²) in [7, 11) is 1.91. The maximum absolute atomic E-state index is 12.3. The van der Waals surface area contributed by atoms with Crippen LogP contribution in [0.15, 0.2) is 12.4 Å². The summed E-state index contributed by atoms with van der Waals surface area (Å²) in [5.41, 5.74) is 0.899. The Bertz CT molecular complexity index is 590. The molecule has 3 unspecified atom stereocenters. The minimum absolute atomic E-state index is 0.128. The minimum Gasteiger partial charge on any atom is -0.392 e. The molecule has 0 bridgehead atoms. The quantitative estimate of drug-likeness (QED) is 0.772. The van der Waals surface area contributed by atoms with Crippen molar-refractivity contribution >= 4 is 11.7 Å². The van der Waals surface area contributed by atoms with Crippen LogP contribution in [-0.4, -0.2) is 52.7 Å². The highest BCUT2D eigenvalue weighted by atomic mass is 16.3. The van der Waals surface area contributed by atoms with Crippen LogP contribution in [0.2, 0.25) is 0 Å². The first-order chi connectivity index (χ1) is 12.0. The topological polar surface area (TPSA) is 82.4 Å². The van der Waals surface area contributed by atoms with Gasteiger partial charge in [-0.25, -0.2) is 4.79 Å². The van der Waals surface area contributed by atoms with E-state index in [2.05, 4.69) is 27.6 Å². The Morgan fingerprint density at radius 2 is 2.24 bits per heavy atom. The SMILES string of the molecule is Cn1cc(N2CCCC(NC(=O)NCC3(C)CCCCC3O)C2)cn1. The Morgan fingerprint density at radius 1 is 1.40 bits per heavy atom. The van der Waals surface area contributed by atoms with Crippen molar-refractivity contribution in [2.45, 2.75) is 57.6 Å². The molecule has 1 aliphatic heterocycles.